The van der Waals surface area contributed by atoms with Gasteiger partial charge in [0.05, 0.1) is 8.07 Å². The predicted molar refractivity (Wildman–Crippen MR) is 79.9 cm³/mol. The van der Waals surface area contributed by atoms with Crippen molar-refractivity contribution in [1.29, 1.82) is 0 Å². The van der Waals surface area contributed by atoms with Crippen molar-refractivity contribution in [2.45, 2.75) is 45.3 Å². The predicted octanol–water partition coefficient (Wildman–Crippen LogP) is 3.14. The van der Waals surface area contributed by atoms with E-state index < -0.39 is 25.7 Å². The van der Waals surface area contributed by atoms with E-state index in [4.69, 9.17) is 0 Å². The highest BCUT2D eigenvalue weighted by Gasteiger charge is 2.48. The number of ketones is 1. The molecule has 0 unspecified atom stereocenters. The summed E-state index contributed by atoms with van der Waals surface area (Å²) in [7, 11) is -1.50. The zero-order valence-corrected chi connectivity index (χ0v) is 13.7. The average molecular weight is 314 g/mol. The summed E-state index contributed by atoms with van der Waals surface area (Å²) in [5, 5.41) is 1.12. The van der Waals surface area contributed by atoms with Crippen LogP contribution in [0.5, 0.6) is 5.75 Å². The number of carbonyl (C=O) groups excluding carboxylic acids is 2. The average Bonchev–Trinajstić information content (AvgIpc) is 2.38. The van der Waals surface area contributed by atoms with Crippen molar-refractivity contribution < 1.29 is 23.1 Å². The molecule has 0 saturated heterocycles. The fourth-order valence-electron chi connectivity index (χ4n) is 1.69. The van der Waals surface area contributed by atoms with E-state index in [9.17, 15) is 18.4 Å². The highest BCUT2D eigenvalue weighted by molar-refractivity contribution is 6.88. The molecule has 6 heteroatoms. The van der Waals surface area contributed by atoms with Gasteiger partial charge >= 0.3 is 11.9 Å². The first-order chi connectivity index (χ1) is 9.59. The second-order valence-electron chi connectivity index (χ2n) is 5.91. The van der Waals surface area contributed by atoms with Crippen LogP contribution < -0.4 is 9.92 Å². The summed E-state index contributed by atoms with van der Waals surface area (Å²) >= 11 is 0. The van der Waals surface area contributed by atoms with Gasteiger partial charge in [0.25, 0.3) is 0 Å². The maximum absolute atomic E-state index is 13.5. The van der Waals surface area contributed by atoms with Gasteiger partial charge in [0, 0.05) is 6.42 Å². The maximum Gasteiger partial charge on any atom is 0.400 e. The Balaban J connectivity index is 2.82. The maximum atomic E-state index is 13.5. The first kappa shape index (κ1) is 17.5. The Morgan fingerprint density at radius 3 is 2.10 bits per heavy atom. The van der Waals surface area contributed by atoms with Crippen LogP contribution in [-0.4, -0.2) is 25.7 Å². The third-order valence-electron chi connectivity index (χ3n) is 3.01. The Morgan fingerprint density at radius 2 is 1.67 bits per heavy atom. The number of rotatable bonds is 6. The molecule has 0 spiro atoms. The van der Waals surface area contributed by atoms with Gasteiger partial charge in [0.1, 0.15) is 5.75 Å². The van der Waals surface area contributed by atoms with Crippen LogP contribution in [0.25, 0.3) is 0 Å². The van der Waals surface area contributed by atoms with Crippen molar-refractivity contribution >= 4 is 25.0 Å². The fourth-order valence-corrected chi connectivity index (χ4v) is 2.86. The molecule has 0 N–H and O–H groups in total. The van der Waals surface area contributed by atoms with Crippen molar-refractivity contribution in [3.8, 4) is 5.75 Å². The van der Waals surface area contributed by atoms with Crippen molar-refractivity contribution in [3.63, 3.8) is 0 Å². The van der Waals surface area contributed by atoms with E-state index in [1.54, 1.807) is 19.1 Å². The molecule has 0 atom stereocenters. The monoisotopic (exact) mass is 314 g/mol. The Kier molecular flexibility index (Phi) is 5.39. The molecule has 116 valence electrons. The molecule has 1 aromatic rings. The number of esters is 1. The van der Waals surface area contributed by atoms with Crippen LogP contribution in [0.15, 0.2) is 24.3 Å². The largest absolute Gasteiger partial charge is 0.422 e. The quantitative estimate of drug-likeness (QED) is 0.351. The number of Topliss-reactive ketones (excluding diaryl/α,β-unsaturated/α-hetero) is 1. The molecular weight excluding hydrogens is 294 g/mol. The second kappa shape index (κ2) is 6.47. The smallest absolute Gasteiger partial charge is 0.400 e. The van der Waals surface area contributed by atoms with E-state index in [0.717, 1.165) is 5.19 Å². The summed E-state index contributed by atoms with van der Waals surface area (Å²) in [6.45, 7) is 8.02. The number of hydrogen-bond donors (Lipinski definition) is 0. The summed E-state index contributed by atoms with van der Waals surface area (Å²) in [5.41, 5.74) is 0. The number of halogens is 2. The molecule has 0 aliphatic carbocycles. The summed E-state index contributed by atoms with van der Waals surface area (Å²) in [4.78, 5) is 22.7. The zero-order valence-electron chi connectivity index (χ0n) is 12.7. The molecule has 21 heavy (non-hydrogen) atoms. The van der Waals surface area contributed by atoms with E-state index >= 15 is 0 Å². The minimum absolute atomic E-state index is 0.0194. The summed E-state index contributed by atoms with van der Waals surface area (Å²) < 4.78 is 31.7. The SMILES string of the molecule is CCCC(=O)C(F)(F)C(=O)Oc1ccc([Si](C)(C)C)cc1. The lowest BCUT2D eigenvalue weighted by Gasteiger charge is -2.17. The molecule has 0 aromatic heterocycles. The Labute approximate surface area is 124 Å². The van der Waals surface area contributed by atoms with Crippen molar-refractivity contribution in [2.75, 3.05) is 0 Å². The molecule has 3 nitrogen and oxygen atoms in total. The fraction of sp³-hybridized carbons (Fsp3) is 0.467. The van der Waals surface area contributed by atoms with E-state index in [2.05, 4.69) is 24.4 Å². The molecule has 0 radical (unpaired) electrons. The minimum atomic E-state index is -4.09. The minimum Gasteiger partial charge on any atom is -0.422 e. The Hall–Kier alpha value is -1.56. The summed E-state index contributed by atoms with van der Waals surface area (Å²) in [5.74, 6) is -7.30. The number of benzene rings is 1. The zero-order chi connectivity index (χ0) is 16.3. The van der Waals surface area contributed by atoms with Gasteiger partial charge in [0.15, 0.2) is 0 Å². The number of ether oxygens (including phenoxy) is 1. The number of carbonyl (C=O) groups is 2. The summed E-state index contributed by atoms with van der Waals surface area (Å²) in [6.07, 6.45) is -0.0940. The van der Waals surface area contributed by atoms with Crippen LogP contribution in [0.2, 0.25) is 19.6 Å². The van der Waals surface area contributed by atoms with Gasteiger partial charge < -0.3 is 4.74 Å². The van der Waals surface area contributed by atoms with Gasteiger partial charge in [-0.2, -0.15) is 8.78 Å². The van der Waals surface area contributed by atoms with Crippen LogP contribution >= 0.6 is 0 Å². The molecular formula is C15H20F2O3Si. The van der Waals surface area contributed by atoms with Crippen LogP contribution in [-0.2, 0) is 9.59 Å². The summed E-state index contributed by atoms with van der Waals surface area (Å²) in [6, 6.07) is 6.49. The van der Waals surface area contributed by atoms with Gasteiger partial charge in [-0.05, 0) is 18.6 Å². The molecule has 1 aromatic carbocycles. The lowest BCUT2D eigenvalue weighted by Crippen LogP contribution is -2.41. The normalized spacial score (nSPS) is 12.1. The first-order valence-electron chi connectivity index (χ1n) is 6.83. The molecule has 0 heterocycles. The lowest BCUT2D eigenvalue weighted by atomic mass is 10.1. The van der Waals surface area contributed by atoms with Gasteiger partial charge in [-0.25, -0.2) is 4.79 Å². The topological polar surface area (TPSA) is 43.4 Å². The molecule has 1 rings (SSSR count). The third kappa shape index (κ3) is 4.46. The van der Waals surface area contributed by atoms with Crippen LogP contribution in [0.1, 0.15) is 19.8 Å². The molecule has 0 aliphatic rings. The van der Waals surface area contributed by atoms with Gasteiger partial charge in [0.2, 0.25) is 5.78 Å². The van der Waals surface area contributed by atoms with Crippen LogP contribution in [0.3, 0.4) is 0 Å². The highest BCUT2D eigenvalue weighted by atomic mass is 28.3. The number of alkyl halides is 2. The van der Waals surface area contributed by atoms with Gasteiger partial charge in [-0.3, -0.25) is 4.79 Å². The second-order valence-corrected chi connectivity index (χ2v) is 11.0. The molecule has 0 saturated carbocycles. The standard InChI is InChI=1S/C15H20F2O3Si/c1-5-6-13(18)15(16,17)14(19)20-11-7-9-12(10-8-11)21(2,3)4/h7-10H,5-6H2,1-4H3. The van der Waals surface area contributed by atoms with Crippen molar-refractivity contribution in [3.05, 3.63) is 24.3 Å². The number of hydrogen-bond acceptors (Lipinski definition) is 3. The molecule has 0 aliphatic heterocycles. The van der Waals surface area contributed by atoms with E-state index in [1.807, 2.05) is 0 Å². The molecule has 0 bridgehead atoms. The Morgan fingerprint density at radius 1 is 1.14 bits per heavy atom. The van der Waals surface area contributed by atoms with E-state index in [-0.39, 0.29) is 18.6 Å². The van der Waals surface area contributed by atoms with Crippen molar-refractivity contribution in [1.82, 2.24) is 0 Å². The van der Waals surface area contributed by atoms with E-state index in [0.29, 0.717) is 0 Å². The third-order valence-corrected chi connectivity index (χ3v) is 5.08. The molecule has 0 amide bonds. The van der Waals surface area contributed by atoms with Gasteiger partial charge in [-0.1, -0.05) is 43.9 Å². The lowest BCUT2D eigenvalue weighted by molar-refractivity contribution is -0.169. The first-order valence-corrected chi connectivity index (χ1v) is 10.3. The Bertz CT molecular complexity index is 519. The highest BCUT2D eigenvalue weighted by Crippen LogP contribution is 2.22. The van der Waals surface area contributed by atoms with Gasteiger partial charge in [-0.15, -0.1) is 0 Å². The van der Waals surface area contributed by atoms with E-state index in [1.165, 1.54) is 12.1 Å². The molecule has 0 fully saturated rings. The van der Waals surface area contributed by atoms with Crippen LogP contribution in [0, 0.1) is 0 Å². The van der Waals surface area contributed by atoms with Crippen LogP contribution in [0.4, 0.5) is 8.78 Å². The van der Waals surface area contributed by atoms with Crippen molar-refractivity contribution in [2.24, 2.45) is 0 Å².